The lowest BCUT2D eigenvalue weighted by molar-refractivity contribution is 0.668. The number of furan rings is 2. The number of thiophene rings is 2. The predicted octanol–water partition coefficient (Wildman–Crippen LogP) is 30.3. The van der Waals surface area contributed by atoms with Gasteiger partial charge in [-0.2, -0.15) is 0 Å². The number of benzene rings is 17. The quantitative estimate of drug-likeness (QED) is 0.108. The standard InChI is InChI=1S/C52H34N2OS.C48H32N2OS/c1-3-14-39(15-4-1)53(40-16-5-2-6-17-40)42-29-31-49-47(33-42)46-19-11-20-48(52(46)55-49)54(43-28-30-45-44-18-9-10-21-50(44)56-51(45)34-43)41-26-24-36(25-27-41)38-23-22-35-12-7-8-13-37(35)32-38;1-4-13-33(14-5-1)34-23-25-37(26-24-34)50(39-27-29-41-40-19-10-11-22-46(40)52-47(41)32-39)44-21-12-20-42-43-31-38(28-30-45(43)51-48(42)44)49(35-15-6-2-7-16-35)36-17-8-3-9-18-36/h1-34H;1-32H. The average molecular weight is 1420 g/mol. The van der Waals surface area contributed by atoms with E-state index in [4.69, 9.17) is 8.83 Å². The number of para-hydroxylation sites is 6. The fraction of sp³-hybridized carbons (Fsp3) is 0. The molecule has 0 N–H and O–H groups in total. The van der Waals surface area contributed by atoms with Crippen LogP contribution in [-0.4, -0.2) is 0 Å². The number of nitrogens with zero attached hydrogens (tertiary/aromatic N) is 4. The van der Waals surface area contributed by atoms with Gasteiger partial charge in [-0.3, -0.25) is 0 Å². The Balaban J connectivity index is 0.000000143. The number of hydrogen-bond donors (Lipinski definition) is 0. The molecule has 0 radical (unpaired) electrons. The SMILES string of the molecule is c1ccc(-c2ccc(N(c3ccc4c(c3)sc3ccccc34)c3cccc4c3oc3ccc(N(c5ccccc5)c5ccccc5)cc34)cc2)cc1.c1ccc(N(c2ccccc2)c2ccc3oc4c(N(c5ccc(-c6ccc7ccccc7c6)cc5)c5ccc6c(c5)sc5ccccc56)cccc4c3c2)cc1. The molecule has 21 aromatic rings. The first kappa shape index (κ1) is 63.9. The van der Waals surface area contributed by atoms with E-state index in [0.717, 1.165) is 112 Å². The summed E-state index contributed by atoms with van der Waals surface area (Å²) in [4.78, 5) is 9.28. The summed E-state index contributed by atoms with van der Waals surface area (Å²) in [5, 5.41) is 11.9. The van der Waals surface area contributed by atoms with Crippen LogP contribution in [0.15, 0.2) is 409 Å². The van der Waals surface area contributed by atoms with Gasteiger partial charge in [0.2, 0.25) is 0 Å². The van der Waals surface area contributed by atoms with Crippen molar-refractivity contribution in [3.8, 4) is 22.3 Å². The van der Waals surface area contributed by atoms with E-state index in [-0.39, 0.29) is 0 Å². The van der Waals surface area contributed by atoms with Gasteiger partial charge in [-0.05, 0) is 197 Å². The number of hydrogen-bond acceptors (Lipinski definition) is 8. The Morgan fingerprint density at radius 2 is 0.500 bits per heavy atom. The summed E-state index contributed by atoms with van der Waals surface area (Å²) in [5.74, 6) is 0. The molecule has 0 bridgehead atoms. The minimum atomic E-state index is 0.848. The van der Waals surface area contributed by atoms with Crippen molar-refractivity contribution in [1.82, 2.24) is 0 Å². The fourth-order valence-corrected chi connectivity index (χ4v) is 17.8. The van der Waals surface area contributed by atoms with Gasteiger partial charge in [0.15, 0.2) is 11.2 Å². The summed E-state index contributed by atoms with van der Waals surface area (Å²) in [5.41, 5.74) is 21.0. The van der Waals surface area contributed by atoms with Crippen LogP contribution in [0, 0.1) is 0 Å². The average Bonchev–Trinajstić information content (AvgIpc) is 1.58. The first-order valence-corrected chi connectivity index (χ1v) is 38.1. The third-order valence-corrected chi connectivity index (χ3v) is 22.9. The zero-order valence-corrected chi connectivity index (χ0v) is 60.2. The maximum absolute atomic E-state index is 6.87. The van der Waals surface area contributed by atoms with E-state index in [2.05, 4.69) is 420 Å². The van der Waals surface area contributed by atoms with Crippen molar-refractivity contribution in [3.63, 3.8) is 0 Å². The Morgan fingerprint density at radius 3 is 0.954 bits per heavy atom. The summed E-state index contributed by atoms with van der Waals surface area (Å²) in [6.45, 7) is 0. The third kappa shape index (κ3) is 11.7. The zero-order valence-electron chi connectivity index (χ0n) is 58.5. The van der Waals surface area contributed by atoms with Crippen LogP contribution in [0.1, 0.15) is 0 Å². The van der Waals surface area contributed by atoms with Gasteiger partial charge in [-0.1, -0.05) is 237 Å². The number of rotatable bonds is 14. The molecule has 0 saturated carbocycles. The van der Waals surface area contributed by atoms with Crippen molar-refractivity contribution in [3.05, 3.63) is 400 Å². The monoisotopic (exact) mass is 1420 g/mol. The summed E-state index contributed by atoms with van der Waals surface area (Å²) >= 11 is 3.67. The largest absolute Gasteiger partial charge is 0.454 e. The molecule has 0 aliphatic carbocycles. The van der Waals surface area contributed by atoms with E-state index in [9.17, 15) is 0 Å². The van der Waals surface area contributed by atoms with Crippen LogP contribution < -0.4 is 19.6 Å². The Kier molecular flexibility index (Phi) is 16.2. The van der Waals surface area contributed by atoms with Crippen molar-refractivity contribution in [2.45, 2.75) is 0 Å². The van der Waals surface area contributed by atoms with Crippen LogP contribution in [0.5, 0.6) is 0 Å². The molecule has 8 heteroatoms. The van der Waals surface area contributed by atoms with Crippen molar-refractivity contribution >= 4 is 186 Å². The lowest BCUT2D eigenvalue weighted by atomic mass is 10.0. The molecule has 0 aliphatic rings. The van der Waals surface area contributed by atoms with E-state index < -0.39 is 0 Å². The highest BCUT2D eigenvalue weighted by molar-refractivity contribution is 7.26. The molecule has 4 aromatic heterocycles. The van der Waals surface area contributed by atoms with E-state index in [0.29, 0.717) is 0 Å². The second-order valence-corrected chi connectivity index (χ2v) is 29.3. The molecule has 0 atom stereocenters. The van der Waals surface area contributed by atoms with Gasteiger partial charge in [0.1, 0.15) is 11.2 Å². The molecular weight excluding hydrogens is 1350 g/mol. The Labute approximate surface area is 632 Å². The van der Waals surface area contributed by atoms with Crippen LogP contribution in [0.2, 0.25) is 0 Å². The lowest BCUT2D eigenvalue weighted by Gasteiger charge is -2.26. The first-order valence-electron chi connectivity index (χ1n) is 36.4. The molecule has 0 unspecified atom stereocenters. The minimum absolute atomic E-state index is 0.848. The minimum Gasteiger partial charge on any atom is -0.454 e. The van der Waals surface area contributed by atoms with Crippen molar-refractivity contribution in [1.29, 1.82) is 0 Å². The summed E-state index contributed by atoms with van der Waals surface area (Å²) in [7, 11) is 0. The fourth-order valence-electron chi connectivity index (χ4n) is 15.5. The van der Waals surface area contributed by atoms with Gasteiger partial charge < -0.3 is 28.4 Å². The summed E-state index contributed by atoms with van der Waals surface area (Å²) < 4.78 is 18.8. The maximum atomic E-state index is 6.87. The first-order chi connectivity index (χ1) is 53.5. The van der Waals surface area contributed by atoms with Crippen LogP contribution in [0.25, 0.3) is 117 Å². The van der Waals surface area contributed by atoms with Crippen LogP contribution >= 0.6 is 22.7 Å². The third-order valence-electron chi connectivity index (χ3n) is 20.7. The Hall–Kier alpha value is -13.8. The highest BCUT2D eigenvalue weighted by Crippen LogP contribution is 2.50. The normalized spacial score (nSPS) is 11.5. The van der Waals surface area contributed by atoms with Gasteiger partial charge in [0.25, 0.3) is 0 Å². The van der Waals surface area contributed by atoms with Crippen LogP contribution in [-0.2, 0) is 0 Å². The molecule has 0 aliphatic heterocycles. The van der Waals surface area contributed by atoms with Gasteiger partial charge in [0.05, 0.1) is 11.4 Å². The highest BCUT2D eigenvalue weighted by atomic mass is 32.1. The molecule has 6 nitrogen and oxygen atoms in total. The predicted molar refractivity (Wildman–Crippen MR) is 460 cm³/mol. The molecule has 0 fully saturated rings. The van der Waals surface area contributed by atoms with Crippen molar-refractivity contribution in [2.24, 2.45) is 0 Å². The van der Waals surface area contributed by atoms with Gasteiger partial charge in [0, 0.05) is 119 Å². The summed E-state index contributed by atoms with van der Waals surface area (Å²) in [6.07, 6.45) is 0. The molecular formula is C100H66N4O2S2. The molecule has 510 valence electrons. The molecule has 17 aromatic carbocycles. The smallest absolute Gasteiger partial charge is 0.159 e. The Bertz CT molecular complexity index is 6800. The zero-order chi connectivity index (χ0) is 71.4. The van der Waals surface area contributed by atoms with Gasteiger partial charge in [-0.25, -0.2) is 0 Å². The van der Waals surface area contributed by atoms with Crippen LogP contribution in [0.4, 0.5) is 68.2 Å². The van der Waals surface area contributed by atoms with E-state index in [1.807, 2.05) is 22.7 Å². The topological polar surface area (TPSA) is 39.2 Å². The molecule has 4 heterocycles. The van der Waals surface area contributed by atoms with Gasteiger partial charge >= 0.3 is 0 Å². The Morgan fingerprint density at radius 1 is 0.176 bits per heavy atom. The second-order valence-electron chi connectivity index (χ2n) is 27.1. The van der Waals surface area contributed by atoms with E-state index >= 15 is 0 Å². The van der Waals surface area contributed by atoms with Crippen molar-refractivity contribution < 1.29 is 8.83 Å². The van der Waals surface area contributed by atoms with E-state index in [1.54, 1.807) is 0 Å². The molecule has 0 spiro atoms. The number of fused-ring (bicyclic) bond motifs is 13. The molecule has 0 saturated heterocycles. The molecule has 0 amide bonds. The summed E-state index contributed by atoms with van der Waals surface area (Å²) in [6, 6.07) is 143. The van der Waals surface area contributed by atoms with Gasteiger partial charge in [-0.15, -0.1) is 22.7 Å². The molecule has 21 rings (SSSR count). The number of anilines is 12. The lowest BCUT2D eigenvalue weighted by Crippen LogP contribution is -2.10. The highest BCUT2D eigenvalue weighted by Gasteiger charge is 2.25. The van der Waals surface area contributed by atoms with Crippen LogP contribution in [0.3, 0.4) is 0 Å². The van der Waals surface area contributed by atoms with Crippen molar-refractivity contribution in [2.75, 3.05) is 19.6 Å². The maximum Gasteiger partial charge on any atom is 0.159 e. The second kappa shape index (κ2) is 27.4. The van der Waals surface area contributed by atoms with E-state index in [1.165, 1.54) is 73.4 Å². The molecule has 108 heavy (non-hydrogen) atoms.